The fourth-order valence-electron chi connectivity index (χ4n) is 1.56. The summed E-state index contributed by atoms with van der Waals surface area (Å²) in [5, 5.41) is 0. The fraction of sp³-hybridized carbons (Fsp3) is 0.429. The van der Waals surface area contributed by atoms with Gasteiger partial charge in [0.2, 0.25) is 0 Å². The van der Waals surface area contributed by atoms with E-state index in [1.165, 1.54) is 5.54 Å². The van der Waals surface area contributed by atoms with Crippen molar-refractivity contribution in [2.24, 2.45) is 5.73 Å². The van der Waals surface area contributed by atoms with Gasteiger partial charge in [-0.3, -0.25) is 0 Å². The van der Waals surface area contributed by atoms with Crippen molar-refractivity contribution in [2.45, 2.75) is 20.3 Å². The predicted molar refractivity (Wildman–Crippen MR) is 75.5 cm³/mol. The first-order valence-electron chi connectivity index (χ1n) is 6.06. The highest BCUT2D eigenvalue weighted by Gasteiger charge is 2.10. The Labute approximate surface area is 114 Å². The molecule has 18 heavy (non-hydrogen) atoms. The Balaban J connectivity index is 2.94. The van der Waals surface area contributed by atoms with Gasteiger partial charge in [-0.1, -0.05) is 23.7 Å². The van der Waals surface area contributed by atoms with Crippen LogP contribution in [0.1, 0.15) is 19.4 Å². The quantitative estimate of drug-likeness (QED) is 0.827. The number of hydrogen-bond donors (Lipinski definition) is 1. The highest BCUT2D eigenvalue weighted by atomic mass is 35.5. The molecule has 1 aromatic rings. The van der Waals surface area contributed by atoms with Gasteiger partial charge in [-0.15, -0.1) is 0 Å². The summed E-state index contributed by atoms with van der Waals surface area (Å²) in [6, 6.07) is 5.86. The van der Waals surface area contributed by atoms with Crippen LogP contribution in [0, 0.1) is 0 Å². The Bertz CT molecular complexity index is 381. The van der Waals surface area contributed by atoms with Gasteiger partial charge >= 0.3 is 0 Å². The van der Waals surface area contributed by atoms with Crippen molar-refractivity contribution < 1.29 is 9.47 Å². The first-order chi connectivity index (χ1) is 8.72. The van der Waals surface area contributed by atoms with Crippen molar-refractivity contribution in [3.8, 4) is 11.5 Å². The number of halogens is 1. The second-order valence-electron chi connectivity index (χ2n) is 3.96. The summed E-state index contributed by atoms with van der Waals surface area (Å²) >= 11 is 5.63. The van der Waals surface area contributed by atoms with Gasteiger partial charge in [0.1, 0.15) is 6.61 Å². The molecule has 0 spiro atoms. The number of benzene rings is 1. The van der Waals surface area contributed by atoms with Crippen LogP contribution in [0.15, 0.2) is 29.3 Å². The molecule has 0 aliphatic heterocycles. The van der Waals surface area contributed by atoms with Gasteiger partial charge in [-0.05, 0) is 44.0 Å². The second kappa shape index (κ2) is 8.01. The molecule has 0 saturated heterocycles. The molecule has 0 aliphatic carbocycles. The first-order valence-corrected chi connectivity index (χ1v) is 6.50. The molecule has 4 heteroatoms. The summed E-state index contributed by atoms with van der Waals surface area (Å²) in [6.07, 6.45) is 0.764. The maximum absolute atomic E-state index is 5.79. The molecule has 3 nitrogen and oxygen atoms in total. The van der Waals surface area contributed by atoms with Gasteiger partial charge in [-0.25, -0.2) is 0 Å². The molecule has 0 bridgehead atoms. The van der Waals surface area contributed by atoms with Crippen LogP contribution < -0.4 is 15.2 Å². The Morgan fingerprint density at radius 3 is 2.78 bits per heavy atom. The van der Waals surface area contributed by atoms with Crippen molar-refractivity contribution in [2.75, 3.05) is 19.8 Å². The lowest BCUT2D eigenvalue weighted by molar-refractivity contribution is 0.291. The molecule has 0 heterocycles. The van der Waals surface area contributed by atoms with Crippen LogP contribution in [0.5, 0.6) is 11.5 Å². The molecule has 0 radical (unpaired) electrons. The highest BCUT2D eigenvalue weighted by Crippen LogP contribution is 2.32. The minimum Gasteiger partial charge on any atom is -0.490 e. The van der Waals surface area contributed by atoms with Gasteiger partial charge in [-0.2, -0.15) is 0 Å². The topological polar surface area (TPSA) is 44.5 Å². The van der Waals surface area contributed by atoms with E-state index in [1.807, 2.05) is 32.0 Å². The summed E-state index contributed by atoms with van der Waals surface area (Å²) in [5.74, 6) is 1.52. The van der Waals surface area contributed by atoms with E-state index in [4.69, 9.17) is 26.8 Å². The Morgan fingerprint density at radius 2 is 2.17 bits per heavy atom. The predicted octanol–water partition coefficient (Wildman–Crippen LogP) is 3.11. The average molecular weight is 270 g/mol. The molecule has 0 aliphatic rings. The monoisotopic (exact) mass is 269 g/mol. The number of para-hydroxylation sites is 1. The average Bonchev–Trinajstić information content (AvgIpc) is 2.38. The van der Waals surface area contributed by atoms with E-state index in [1.54, 1.807) is 0 Å². The van der Waals surface area contributed by atoms with E-state index in [0.29, 0.717) is 19.8 Å². The summed E-state index contributed by atoms with van der Waals surface area (Å²) in [7, 11) is 0. The smallest absolute Gasteiger partial charge is 0.164 e. The molecule has 0 unspecified atom stereocenters. The Kier molecular flexibility index (Phi) is 6.61. The molecule has 0 aromatic heterocycles. The van der Waals surface area contributed by atoms with E-state index >= 15 is 0 Å². The van der Waals surface area contributed by atoms with Crippen LogP contribution >= 0.6 is 11.6 Å². The van der Waals surface area contributed by atoms with E-state index in [9.17, 15) is 0 Å². The van der Waals surface area contributed by atoms with Crippen LogP contribution in [0.25, 0.3) is 0 Å². The van der Waals surface area contributed by atoms with Crippen molar-refractivity contribution in [1.82, 2.24) is 0 Å². The molecular weight excluding hydrogens is 250 g/mol. The lowest BCUT2D eigenvalue weighted by atomic mass is 10.1. The lowest BCUT2D eigenvalue weighted by Gasteiger charge is -2.15. The normalized spacial score (nSPS) is 11.4. The number of rotatable bonds is 7. The zero-order valence-electron chi connectivity index (χ0n) is 10.9. The van der Waals surface area contributed by atoms with Crippen molar-refractivity contribution >= 4 is 11.6 Å². The van der Waals surface area contributed by atoms with Crippen LogP contribution in [0.3, 0.4) is 0 Å². The third-order valence-electron chi connectivity index (χ3n) is 2.40. The van der Waals surface area contributed by atoms with E-state index in [-0.39, 0.29) is 0 Å². The minimum absolute atomic E-state index is 0.450. The van der Waals surface area contributed by atoms with Gasteiger partial charge in [0.05, 0.1) is 6.61 Å². The van der Waals surface area contributed by atoms with Crippen molar-refractivity contribution in [3.63, 3.8) is 0 Å². The summed E-state index contributed by atoms with van der Waals surface area (Å²) < 4.78 is 11.4. The molecule has 2 N–H and O–H groups in total. The van der Waals surface area contributed by atoms with E-state index in [2.05, 4.69) is 0 Å². The summed E-state index contributed by atoms with van der Waals surface area (Å²) in [5.41, 5.74) is 9.15. The lowest BCUT2D eigenvalue weighted by Crippen LogP contribution is -2.08. The fourth-order valence-corrected chi connectivity index (χ4v) is 1.63. The molecular formula is C14H20ClNO2. The van der Waals surface area contributed by atoms with Crippen LogP contribution in [-0.2, 0) is 6.42 Å². The van der Waals surface area contributed by atoms with Gasteiger partial charge in [0.15, 0.2) is 11.5 Å². The third kappa shape index (κ3) is 4.24. The maximum Gasteiger partial charge on any atom is 0.164 e. The molecule has 1 rings (SSSR count). The largest absolute Gasteiger partial charge is 0.490 e. The van der Waals surface area contributed by atoms with E-state index in [0.717, 1.165) is 29.1 Å². The Hall–Kier alpha value is -1.19. The molecule has 1 aromatic carbocycles. The van der Waals surface area contributed by atoms with Crippen molar-refractivity contribution in [3.05, 3.63) is 34.9 Å². The zero-order valence-corrected chi connectivity index (χ0v) is 11.7. The minimum atomic E-state index is 0.450. The van der Waals surface area contributed by atoms with Gasteiger partial charge in [0.25, 0.3) is 0 Å². The maximum atomic E-state index is 5.79. The standard InChI is InChI=1S/C14H20ClNO2/c1-3-17-13-6-4-5-12(7-8-16)14(13)18-10-11(2)9-15/h4-6,9H,3,7-8,10,16H2,1-2H3/b11-9+. The molecule has 0 fully saturated rings. The highest BCUT2D eigenvalue weighted by molar-refractivity contribution is 6.25. The molecule has 0 amide bonds. The molecule has 0 atom stereocenters. The van der Waals surface area contributed by atoms with Crippen LogP contribution in [0.2, 0.25) is 0 Å². The van der Waals surface area contributed by atoms with Crippen LogP contribution in [0.4, 0.5) is 0 Å². The summed E-state index contributed by atoms with van der Waals surface area (Å²) in [4.78, 5) is 0. The number of ether oxygens (including phenoxy) is 2. The molecule has 0 saturated carbocycles. The number of hydrogen-bond acceptors (Lipinski definition) is 3. The number of nitrogens with two attached hydrogens (primary N) is 1. The Morgan fingerprint density at radius 1 is 1.39 bits per heavy atom. The second-order valence-corrected chi connectivity index (χ2v) is 4.18. The first kappa shape index (κ1) is 14.9. The van der Waals surface area contributed by atoms with E-state index < -0.39 is 0 Å². The van der Waals surface area contributed by atoms with Gasteiger partial charge < -0.3 is 15.2 Å². The third-order valence-corrected chi connectivity index (χ3v) is 2.78. The van der Waals surface area contributed by atoms with Gasteiger partial charge in [0, 0.05) is 5.54 Å². The van der Waals surface area contributed by atoms with Crippen LogP contribution in [-0.4, -0.2) is 19.8 Å². The SMILES string of the molecule is CCOc1cccc(CCN)c1OC/C(C)=C/Cl. The van der Waals surface area contributed by atoms with Crippen molar-refractivity contribution in [1.29, 1.82) is 0 Å². The summed E-state index contributed by atoms with van der Waals surface area (Å²) in [6.45, 7) is 5.50. The molecule has 100 valence electrons. The zero-order chi connectivity index (χ0) is 13.4.